The lowest BCUT2D eigenvalue weighted by atomic mass is 10.2. The summed E-state index contributed by atoms with van der Waals surface area (Å²) in [6, 6.07) is 0. The Hall–Kier alpha value is -2.08. The second kappa shape index (κ2) is 15.7. The van der Waals surface area contributed by atoms with Crippen molar-refractivity contribution >= 4 is 66.6 Å². The summed E-state index contributed by atoms with van der Waals surface area (Å²) in [5.41, 5.74) is 1.71. The first-order valence-corrected chi connectivity index (χ1v) is 19.5. The van der Waals surface area contributed by atoms with Crippen LogP contribution in [0.1, 0.15) is 65.3 Å². The molecule has 45 heavy (non-hydrogen) atoms. The lowest BCUT2D eigenvalue weighted by Crippen LogP contribution is -2.34. The topological polar surface area (TPSA) is 208 Å². The number of aromatic nitrogens is 6. The van der Waals surface area contributed by atoms with Gasteiger partial charge in [-0.3, -0.25) is 14.3 Å². The number of aliphatic imine (C=N–C) groups is 1. The lowest BCUT2D eigenvalue weighted by Gasteiger charge is -2.17. The Labute approximate surface area is 268 Å². The molecule has 0 saturated carbocycles. The van der Waals surface area contributed by atoms with Gasteiger partial charge in [0, 0.05) is 6.21 Å². The van der Waals surface area contributed by atoms with E-state index in [1.807, 2.05) is 11.5 Å². The molecule has 16 nitrogen and oxygen atoms in total. The van der Waals surface area contributed by atoms with Crippen molar-refractivity contribution < 1.29 is 37.8 Å². The molecule has 0 aliphatic carbocycles. The first-order valence-electron chi connectivity index (χ1n) is 14.1. The van der Waals surface area contributed by atoms with Crippen molar-refractivity contribution in [2.75, 3.05) is 13.2 Å². The highest BCUT2D eigenvalue weighted by Crippen LogP contribution is 2.47. The van der Waals surface area contributed by atoms with E-state index in [4.69, 9.17) is 33.2 Å². The van der Waals surface area contributed by atoms with Gasteiger partial charge in [0.1, 0.15) is 17.8 Å². The highest BCUT2D eigenvalue weighted by atomic mass is 32.7. The molecule has 2 aliphatic heterocycles. The van der Waals surface area contributed by atoms with Crippen molar-refractivity contribution in [2.24, 2.45) is 4.99 Å². The van der Waals surface area contributed by atoms with Gasteiger partial charge in [-0.25, -0.2) is 19.6 Å². The van der Waals surface area contributed by atoms with Gasteiger partial charge < -0.3 is 37.8 Å². The largest absolute Gasteiger partial charge is 0.383 e. The molecule has 0 spiro atoms. The Bertz CT molecular complexity index is 1770. The maximum Gasteiger partial charge on any atom is 0.383 e. The number of fused-ring (bicyclic) bond motifs is 1. The van der Waals surface area contributed by atoms with Gasteiger partial charge in [-0.15, -0.1) is 0 Å². The molecule has 248 valence electrons. The minimum Gasteiger partial charge on any atom is -0.352 e. The maximum atomic E-state index is 11.6. The Morgan fingerprint density at radius 2 is 1.76 bits per heavy atom. The molecule has 2 fully saturated rings. The van der Waals surface area contributed by atoms with Gasteiger partial charge >= 0.3 is 13.5 Å². The molecule has 0 bridgehead atoms. The molecule has 5 heterocycles. The highest BCUT2D eigenvalue weighted by Gasteiger charge is 2.30. The monoisotopic (exact) mass is 705 g/mol. The molecule has 5 unspecified atom stereocenters. The van der Waals surface area contributed by atoms with Gasteiger partial charge in [-0.05, 0) is 63.3 Å². The average molecular weight is 706 g/mol. The van der Waals surface area contributed by atoms with E-state index in [-0.39, 0.29) is 43.4 Å². The number of thiol groups is 1. The number of aromatic amines is 1. The van der Waals surface area contributed by atoms with Gasteiger partial charge in [-0.1, -0.05) is 19.2 Å². The highest BCUT2D eigenvalue weighted by molar-refractivity contribution is 8.44. The van der Waals surface area contributed by atoms with E-state index in [0.29, 0.717) is 23.9 Å². The van der Waals surface area contributed by atoms with Crippen molar-refractivity contribution in [3.63, 3.8) is 0 Å². The van der Waals surface area contributed by atoms with E-state index in [1.165, 1.54) is 18.1 Å². The van der Waals surface area contributed by atoms with Crippen LogP contribution in [-0.4, -0.2) is 75.6 Å². The SMILES string of the molecule is CC=N/C=c1/ncn(C2CCC(COP(O)(O)=S)O2)/c1=C(/C)CC.O=c1[nH]ncc2c1ncn2C1CCC(COP(=O)(O)S)O1. The predicted molar refractivity (Wildman–Crippen MR) is 173 cm³/mol. The van der Waals surface area contributed by atoms with Gasteiger partial charge in [0.2, 0.25) is 0 Å². The summed E-state index contributed by atoms with van der Waals surface area (Å²) in [6.45, 7) is -1.34. The van der Waals surface area contributed by atoms with Crippen molar-refractivity contribution in [2.45, 2.75) is 77.5 Å². The fourth-order valence-electron chi connectivity index (χ4n) is 4.94. The molecule has 0 radical (unpaired) electrons. The Balaban J connectivity index is 0.000000206. The van der Waals surface area contributed by atoms with Crippen LogP contribution in [-0.2, 0) is 34.9 Å². The third-order valence-electron chi connectivity index (χ3n) is 7.15. The number of nitrogens with one attached hydrogen (secondary N) is 1. The molecule has 20 heteroatoms. The molecular formula is C25H37N7O9P2S2. The normalized spacial score (nSPS) is 24.6. The van der Waals surface area contributed by atoms with Crippen LogP contribution in [0, 0.1) is 0 Å². The second-order valence-electron chi connectivity index (χ2n) is 10.3. The number of H-pyrrole nitrogens is 1. The van der Waals surface area contributed by atoms with Crippen LogP contribution in [0.5, 0.6) is 0 Å². The summed E-state index contributed by atoms with van der Waals surface area (Å²) in [4.78, 5) is 51.5. The molecule has 2 aliphatic rings. The van der Waals surface area contributed by atoms with Gasteiger partial charge in [0.25, 0.3) is 5.56 Å². The van der Waals surface area contributed by atoms with Crippen molar-refractivity contribution in [1.29, 1.82) is 0 Å². The van der Waals surface area contributed by atoms with Crippen LogP contribution in [0.25, 0.3) is 22.8 Å². The van der Waals surface area contributed by atoms with Crippen LogP contribution in [0.15, 0.2) is 28.6 Å². The van der Waals surface area contributed by atoms with E-state index in [1.54, 1.807) is 23.3 Å². The molecule has 3 aromatic rings. The minimum atomic E-state index is -3.80. The van der Waals surface area contributed by atoms with Crippen LogP contribution < -0.4 is 16.3 Å². The number of nitrogens with zero attached hydrogens (tertiary/aromatic N) is 6. The van der Waals surface area contributed by atoms with Crippen LogP contribution in [0.3, 0.4) is 0 Å². The van der Waals surface area contributed by atoms with Gasteiger partial charge in [0.05, 0.1) is 61.3 Å². The molecule has 5 atom stereocenters. The minimum absolute atomic E-state index is 0.0146. The molecule has 2 saturated heterocycles. The zero-order valence-corrected chi connectivity index (χ0v) is 28.4. The van der Waals surface area contributed by atoms with Gasteiger partial charge in [-0.2, -0.15) is 5.10 Å². The zero-order valence-electron chi connectivity index (χ0n) is 24.9. The third kappa shape index (κ3) is 9.95. The van der Waals surface area contributed by atoms with E-state index in [9.17, 15) is 9.36 Å². The van der Waals surface area contributed by atoms with Crippen LogP contribution in [0.2, 0.25) is 0 Å². The predicted octanol–water partition coefficient (Wildman–Crippen LogP) is 2.04. The molecule has 4 N–H and O–H groups in total. The Morgan fingerprint density at radius 3 is 2.36 bits per heavy atom. The van der Waals surface area contributed by atoms with Crippen LogP contribution >= 0.6 is 25.8 Å². The number of hydrogen-bond acceptors (Lipinski definition) is 11. The summed E-state index contributed by atoms with van der Waals surface area (Å²) in [5, 5.41) is 7.89. The van der Waals surface area contributed by atoms with Crippen molar-refractivity contribution in [3.05, 3.63) is 39.9 Å². The molecule has 5 rings (SSSR count). The number of ether oxygens (including phenoxy) is 2. The molecule has 3 aromatic heterocycles. The standard InChI is InChI=1S/C15H24N3O4PS.C10H13N4O5PS/c1-4-11(3)15-13(8-16-5-2)17-10-18(15)14-7-6-12(22-14)9-21-23(19,20)24;15-10-9-7(3-12-13-10)14(5-11-9)8-2-1-6(19-8)4-18-20(16,17)21/h5,8,10,12,14H,4,6-7,9H2,1-3H3,(H2,19,20,24);3,5-6,8H,1-2,4H2,(H,13,15)(H2,16,17,21)/b13-8+,15-11-,16-5?;. The molecule has 0 amide bonds. The molecular weight excluding hydrogens is 668 g/mol. The summed E-state index contributed by atoms with van der Waals surface area (Å²) < 4.78 is 36.1. The number of rotatable bonds is 10. The van der Waals surface area contributed by atoms with Crippen LogP contribution in [0.4, 0.5) is 0 Å². The Kier molecular flexibility index (Phi) is 12.5. The van der Waals surface area contributed by atoms with E-state index >= 15 is 0 Å². The fourth-order valence-corrected chi connectivity index (χ4v) is 6.04. The average Bonchev–Trinajstić information content (AvgIpc) is 3.79. The van der Waals surface area contributed by atoms with E-state index in [2.05, 4.69) is 63.1 Å². The fraction of sp³-hybridized carbons (Fsp3) is 0.560. The second-order valence-corrected chi connectivity index (χ2v) is 15.7. The number of imidazole rings is 2. The van der Waals surface area contributed by atoms with Gasteiger partial charge in [0.15, 0.2) is 5.52 Å². The van der Waals surface area contributed by atoms with Crippen molar-refractivity contribution in [1.82, 2.24) is 29.3 Å². The quantitative estimate of drug-likeness (QED) is 0.116. The summed E-state index contributed by atoms with van der Waals surface area (Å²) in [7, 11) is 0. The Morgan fingerprint density at radius 1 is 1.13 bits per heavy atom. The van der Waals surface area contributed by atoms with Crippen molar-refractivity contribution in [3.8, 4) is 0 Å². The first-order chi connectivity index (χ1) is 21.3. The summed E-state index contributed by atoms with van der Waals surface area (Å²) >= 11 is 7.91. The smallest absolute Gasteiger partial charge is 0.352 e. The summed E-state index contributed by atoms with van der Waals surface area (Å²) in [5.74, 6) is 0. The van der Waals surface area contributed by atoms with E-state index in [0.717, 1.165) is 30.0 Å². The molecule has 0 aromatic carbocycles. The summed E-state index contributed by atoms with van der Waals surface area (Å²) in [6.07, 6.45) is 11.0. The number of hydrogen-bond donors (Lipinski definition) is 5. The third-order valence-corrected chi connectivity index (χ3v) is 8.78. The maximum absolute atomic E-state index is 11.6. The zero-order chi connectivity index (χ0) is 32.8. The van der Waals surface area contributed by atoms with E-state index < -0.39 is 13.5 Å². The first kappa shape index (κ1) is 35.8. The lowest BCUT2D eigenvalue weighted by molar-refractivity contribution is -0.0208.